The molecule has 0 atom stereocenters. The Morgan fingerprint density at radius 1 is 1.50 bits per heavy atom. The summed E-state index contributed by atoms with van der Waals surface area (Å²) in [6.45, 7) is 6.10. The number of hydrogen-bond donors (Lipinski definition) is 2. The van der Waals surface area contributed by atoms with E-state index in [1.165, 1.54) is 0 Å². The van der Waals surface area contributed by atoms with Crippen molar-refractivity contribution in [1.29, 1.82) is 0 Å². The minimum Gasteiger partial charge on any atom is -0.382 e. The summed E-state index contributed by atoms with van der Waals surface area (Å²) in [5.74, 6) is 2.33. The van der Waals surface area contributed by atoms with Gasteiger partial charge in [0, 0.05) is 13.1 Å². The van der Waals surface area contributed by atoms with Gasteiger partial charge in [-0.2, -0.15) is 0 Å². The number of nitrogen functional groups attached to an aromatic ring is 1. The van der Waals surface area contributed by atoms with Gasteiger partial charge in [0.2, 0.25) is 0 Å². The third kappa shape index (κ3) is 1.52. The molecule has 0 fully saturated rings. The quantitative estimate of drug-likeness (QED) is 0.696. The van der Waals surface area contributed by atoms with Crippen LogP contribution in [0, 0.1) is 6.92 Å². The van der Waals surface area contributed by atoms with Crippen LogP contribution in [0.4, 0.5) is 11.6 Å². The Bertz CT molecular complexity index is 264. The molecule has 4 heteroatoms. The van der Waals surface area contributed by atoms with Gasteiger partial charge in [-0.3, -0.25) is 0 Å². The number of hydrogen-bond acceptors (Lipinski definition) is 3. The highest BCUT2D eigenvalue weighted by molar-refractivity contribution is 5.58. The van der Waals surface area contributed by atoms with Crippen LogP contribution in [0.2, 0.25) is 0 Å². The maximum atomic E-state index is 5.72. The van der Waals surface area contributed by atoms with Gasteiger partial charge in [-0.15, -0.1) is 0 Å². The molecule has 3 N–H and O–H groups in total. The molecular formula is C8H16N4. The normalized spacial score (nSPS) is 10.8. The summed E-state index contributed by atoms with van der Waals surface area (Å²) in [5.41, 5.74) is 5.72. The summed E-state index contributed by atoms with van der Waals surface area (Å²) in [6, 6.07) is 0.412. The maximum absolute atomic E-state index is 5.72. The molecule has 0 bridgehead atoms. The van der Waals surface area contributed by atoms with E-state index in [9.17, 15) is 0 Å². The molecule has 12 heavy (non-hydrogen) atoms. The lowest BCUT2D eigenvalue weighted by Crippen LogP contribution is -2.26. The Morgan fingerprint density at radius 2 is 2.08 bits per heavy atom. The van der Waals surface area contributed by atoms with Gasteiger partial charge in [-0.1, -0.05) is 0 Å². The van der Waals surface area contributed by atoms with Crippen molar-refractivity contribution in [1.82, 2.24) is 9.97 Å². The van der Waals surface area contributed by atoms with Gasteiger partial charge in [-0.05, 0) is 20.8 Å². The molecule has 0 aliphatic carbocycles. The van der Waals surface area contributed by atoms with Gasteiger partial charge in [-0.25, -0.2) is 4.98 Å². The number of nitrogens with one attached hydrogen (secondary N) is 1. The topological polar surface area (TPSA) is 57.9 Å². The zero-order valence-electron chi connectivity index (χ0n) is 8.05. The highest BCUT2D eigenvalue weighted by Crippen LogP contribution is 2.19. The van der Waals surface area contributed by atoms with Crippen LogP contribution in [0.5, 0.6) is 0 Å². The average molecular weight is 168 g/mol. The minimum absolute atomic E-state index is 0.412. The number of anilines is 2. The molecule has 0 radical (unpaired) electrons. The first kappa shape index (κ1) is 8.90. The summed E-state index contributed by atoms with van der Waals surface area (Å²) in [6.07, 6.45) is 0. The smallest absolute Gasteiger partial charge is 0.171 e. The van der Waals surface area contributed by atoms with Crippen molar-refractivity contribution >= 4 is 11.6 Å². The number of imidazole rings is 1. The van der Waals surface area contributed by atoms with Crippen molar-refractivity contribution in [2.75, 3.05) is 17.7 Å². The summed E-state index contributed by atoms with van der Waals surface area (Å²) in [5, 5.41) is 0. The van der Waals surface area contributed by atoms with Crippen molar-refractivity contribution in [2.45, 2.75) is 26.8 Å². The maximum Gasteiger partial charge on any atom is 0.171 e. The summed E-state index contributed by atoms with van der Waals surface area (Å²) in [7, 11) is 1.98. The van der Waals surface area contributed by atoms with Crippen LogP contribution in [0.3, 0.4) is 0 Å². The van der Waals surface area contributed by atoms with Gasteiger partial charge in [0.15, 0.2) is 5.82 Å². The SMILES string of the molecule is Cc1nc(N(C)C(C)C)c(N)[nH]1. The lowest BCUT2D eigenvalue weighted by Gasteiger charge is -2.21. The van der Waals surface area contributed by atoms with Crippen LogP contribution in [0.15, 0.2) is 0 Å². The second-order valence-electron chi connectivity index (χ2n) is 3.26. The van der Waals surface area contributed by atoms with Crippen molar-refractivity contribution in [3.05, 3.63) is 5.82 Å². The molecule has 0 aliphatic heterocycles. The van der Waals surface area contributed by atoms with Crippen LogP contribution in [0.1, 0.15) is 19.7 Å². The molecule has 1 rings (SSSR count). The highest BCUT2D eigenvalue weighted by Gasteiger charge is 2.11. The van der Waals surface area contributed by atoms with E-state index in [0.717, 1.165) is 11.6 Å². The van der Waals surface area contributed by atoms with Crippen molar-refractivity contribution in [2.24, 2.45) is 0 Å². The molecule has 0 spiro atoms. The Labute approximate surface area is 72.8 Å². The van der Waals surface area contributed by atoms with Crippen LogP contribution in [-0.4, -0.2) is 23.1 Å². The van der Waals surface area contributed by atoms with Crippen molar-refractivity contribution < 1.29 is 0 Å². The third-order valence-electron chi connectivity index (χ3n) is 1.94. The van der Waals surface area contributed by atoms with E-state index in [-0.39, 0.29) is 0 Å². The molecule has 0 aliphatic rings. The first-order valence-electron chi connectivity index (χ1n) is 4.07. The van der Waals surface area contributed by atoms with Gasteiger partial charge in [0.25, 0.3) is 0 Å². The van der Waals surface area contributed by atoms with Crippen LogP contribution in [0.25, 0.3) is 0 Å². The van der Waals surface area contributed by atoms with E-state index in [1.807, 2.05) is 18.9 Å². The highest BCUT2D eigenvalue weighted by atomic mass is 15.2. The Hall–Kier alpha value is -1.19. The average Bonchev–Trinajstić information content (AvgIpc) is 2.28. The zero-order chi connectivity index (χ0) is 9.30. The molecule has 0 saturated carbocycles. The van der Waals surface area contributed by atoms with Crippen LogP contribution in [-0.2, 0) is 0 Å². The lowest BCUT2D eigenvalue weighted by molar-refractivity contribution is 0.746. The monoisotopic (exact) mass is 168 g/mol. The summed E-state index contributed by atoms with van der Waals surface area (Å²) < 4.78 is 0. The molecule has 1 aromatic heterocycles. The molecule has 0 saturated heterocycles. The predicted molar refractivity (Wildman–Crippen MR) is 51.3 cm³/mol. The number of nitrogens with two attached hydrogens (primary N) is 1. The molecule has 1 aromatic rings. The van der Waals surface area contributed by atoms with Gasteiger partial charge in [0.1, 0.15) is 11.6 Å². The standard InChI is InChI=1S/C8H16N4/c1-5(2)12(4)8-7(9)10-6(3)11-8/h5H,9H2,1-4H3,(H,10,11). The largest absolute Gasteiger partial charge is 0.382 e. The predicted octanol–water partition coefficient (Wildman–Crippen LogP) is 1.14. The lowest BCUT2D eigenvalue weighted by atomic mass is 10.3. The van der Waals surface area contributed by atoms with Crippen molar-refractivity contribution in [3.8, 4) is 0 Å². The molecular weight excluding hydrogens is 152 g/mol. The second-order valence-corrected chi connectivity index (χ2v) is 3.26. The Morgan fingerprint density at radius 3 is 2.42 bits per heavy atom. The van der Waals surface area contributed by atoms with E-state index in [2.05, 4.69) is 23.8 Å². The van der Waals surface area contributed by atoms with Crippen LogP contribution >= 0.6 is 0 Å². The second kappa shape index (κ2) is 3.05. The number of aromatic amines is 1. The van der Waals surface area contributed by atoms with Crippen LogP contribution < -0.4 is 10.6 Å². The molecule has 0 amide bonds. The number of aromatic nitrogens is 2. The first-order valence-corrected chi connectivity index (χ1v) is 4.07. The fourth-order valence-electron chi connectivity index (χ4n) is 1.01. The van der Waals surface area contributed by atoms with E-state index in [4.69, 9.17) is 5.73 Å². The fourth-order valence-corrected chi connectivity index (χ4v) is 1.01. The van der Waals surface area contributed by atoms with E-state index >= 15 is 0 Å². The molecule has 0 aromatic carbocycles. The van der Waals surface area contributed by atoms with E-state index in [0.29, 0.717) is 11.9 Å². The van der Waals surface area contributed by atoms with Gasteiger partial charge in [0.05, 0.1) is 0 Å². The third-order valence-corrected chi connectivity index (χ3v) is 1.94. The van der Waals surface area contributed by atoms with E-state index < -0.39 is 0 Å². The Balaban J connectivity index is 2.94. The van der Waals surface area contributed by atoms with Gasteiger partial charge < -0.3 is 15.6 Å². The van der Waals surface area contributed by atoms with Crippen molar-refractivity contribution in [3.63, 3.8) is 0 Å². The van der Waals surface area contributed by atoms with E-state index in [1.54, 1.807) is 0 Å². The molecule has 1 heterocycles. The Kier molecular flexibility index (Phi) is 2.26. The molecule has 0 unspecified atom stereocenters. The summed E-state index contributed by atoms with van der Waals surface area (Å²) in [4.78, 5) is 9.29. The number of nitrogens with zero attached hydrogens (tertiary/aromatic N) is 2. The minimum atomic E-state index is 0.412. The number of rotatable bonds is 2. The molecule has 4 nitrogen and oxygen atoms in total. The number of H-pyrrole nitrogens is 1. The zero-order valence-corrected chi connectivity index (χ0v) is 8.05. The number of aryl methyl sites for hydroxylation is 1. The fraction of sp³-hybridized carbons (Fsp3) is 0.625. The first-order chi connectivity index (χ1) is 5.52. The molecule has 68 valence electrons. The van der Waals surface area contributed by atoms with Gasteiger partial charge >= 0.3 is 0 Å². The summed E-state index contributed by atoms with van der Waals surface area (Å²) >= 11 is 0.